The first-order valence-electron chi connectivity index (χ1n) is 4.86. The van der Waals surface area contributed by atoms with Gasteiger partial charge in [-0.3, -0.25) is 0 Å². The van der Waals surface area contributed by atoms with Gasteiger partial charge in [0, 0.05) is 6.54 Å². The van der Waals surface area contributed by atoms with Crippen molar-refractivity contribution in [2.45, 2.75) is 25.9 Å². The third-order valence-corrected chi connectivity index (χ3v) is 2.38. The molecular weight excluding hydrogens is 176 g/mol. The molecule has 0 radical (unpaired) electrons. The zero-order valence-electron chi connectivity index (χ0n) is 8.75. The minimum Gasteiger partial charge on any atom is -0.397 e. The number of benzene rings is 1. The molecule has 3 nitrogen and oxygen atoms in total. The fourth-order valence-corrected chi connectivity index (χ4v) is 1.07. The lowest BCUT2D eigenvalue weighted by Gasteiger charge is -2.22. The first kappa shape index (κ1) is 10.9. The Morgan fingerprint density at radius 1 is 1.43 bits per heavy atom. The van der Waals surface area contributed by atoms with Gasteiger partial charge in [-0.25, -0.2) is 0 Å². The van der Waals surface area contributed by atoms with Crippen molar-refractivity contribution in [3.63, 3.8) is 0 Å². The zero-order chi connectivity index (χ0) is 10.6. The molecule has 0 saturated heterocycles. The average Bonchev–Trinajstić information content (AvgIpc) is 2.17. The van der Waals surface area contributed by atoms with Gasteiger partial charge >= 0.3 is 0 Å². The minimum atomic E-state index is -0.678. The van der Waals surface area contributed by atoms with Gasteiger partial charge in [0.2, 0.25) is 0 Å². The van der Waals surface area contributed by atoms with E-state index in [9.17, 15) is 5.11 Å². The van der Waals surface area contributed by atoms with Crippen molar-refractivity contribution in [2.75, 3.05) is 17.6 Å². The SMILES string of the molecule is CCC(C)(O)CNc1ccccc1N. The van der Waals surface area contributed by atoms with Crippen molar-refractivity contribution < 1.29 is 5.11 Å². The molecule has 1 rings (SSSR count). The van der Waals surface area contributed by atoms with Gasteiger partial charge in [-0.15, -0.1) is 0 Å². The summed E-state index contributed by atoms with van der Waals surface area (Å²) < 4.78 is 0. The van der Waals surface area contributed by atoms with Gasteiger partial charge in [-0.2, -0.15) is 0 Å². The van der Waals surface area contributed by atoms with Gasteiger partial charge in [0.05, 0.1) is 17.0 Å². The average molecular weight is 194 g/mol. The number of hydrogen-bond donors (Lipinski definition) is 3. The lowest BCUT2D eigenvalue weighted by Crippen LogP contribution is -2.32. The van der Waals surface area contributed by atoms with Crippen LogP contribution in [0.5, 0.6) is 0 Å². The van der Waals surface area contributed by atoms with E-state index in [1.165, 1.54) is 0 Å². The van der Waals surface area contributed by atoms with Gasteiger partial charge in [-0.1, -0.05) is 19.1 Å². The number of para-hydroxylation sites is 2. The highest BCUT2D eigenvalue weighted by Crippen LogP contribution is 2.18. The van der Waals surface area contributed by atoms with Gasteiger partial charge in [0.25, 0.3) is 0 Å². The quantitative estimate of drug-likeness (QED) is 0.641. The third kappa shape index (κ3) is 2.92. The molecule has 3 heteroatoms. The molecule has 0 bridgehead atoms. The van der Waals surface area contributed by atoms with Crippen LogP contribution in [-0.4, -0.2) is 17.3 Å². The second-order valence-electron chi connectivity index (χ2n) is 3.79. The van der Waals surface area contributed by atoms with Crippen molar-refractivity contribution in [2.24, 2.45) is 0 Å². The highest BCUT2D eigenvalue weighted by Gasteiger charge is 2.16. The Hall–Kier alpha value is -1.22. The topological polar surface area (TPSA) is 58.3 Å². The predicted octanol–water partition coefficient (Wildman–Crippen LogP) is 1.84. The number of anilines is 2. The minimum absolute atomic E-state index is 0.512. The molecule has 0 heterocycles. The lowest BCUT2D eigenvalue weighted by molar-refractivity contribution is 0.0697. The molecule has 4 N–H and O–H groups in total. The van der Waals surface area contributed by atoms with Crippen LogP contribution in [0.2, 0.25) is 0 Å². The highest BCUT2D eigenvalue weighted by atomic mass is 16.3. The summed E-state index contributed by atoms with van der Waals surface area (Å²) in [6, 6.07) is 7.54. The normalized spacial score (nSPS) is 14.8. The first-order valence-corrected chi connectivity index (χ1v) is 4.86. The fraction of sp³-hybridized carbons (Fsp3) is 0.455. The second-order valence-corrected chi connectivity index (χ2v) is 3.79. The molecule has 1 unspecified atom stereocenters. The van der Waals surface area contributed by atoms with E-state index < -0.39 is 5.60 Å². The maximum atomic E-state index is 9.77. The van der Waals surface area contributed by atoms with Crippen LogP contribution in [-0.2, 0) is 0 Å². The number of nitrogens with one attached hydrogen (secondary N) is 1. The van der Waals surface area contributed by atoms with Crippen LogP contribution in [0.15, 0.2) is 24.3 Å². The molecule has 0 fully saturated rings. The summed E-state index contributed by atoms with van der Waals surface area (Å²) in [6.45, 7) is 4.27. The van der Waals surface area contributed by atoms with Crippen molar-refractivity contribution >= 4 is 11.4 Å². The molecular formula is C11H18N2O. The Morgan fingerprint density at radius 2 is 2.07 bits per heavy atom. The van der Waals surface area contributed by atoms with Gasteiger partial charge < -0.3 is 16.2 Å². The molecule has 1 aromatic rings. The molecule has 0 spiro atoms. The Balaban J connectivity index is 2.58. The van der Waals surface area contributed by atoms with E-state index in [0.29, 0.717) is 18.7 Å². The van der Waals surface area contributed by atoms with Crippen LogP contribution in [0.3, 0.4) is 0 Å². The van der Waals surface area contributed by atoms with Crippen LogP contribution >= 0.6 is 0 Å². The molecule has 1 atom stereocenters. The van der Waals surface area contributed by atoms with Crippen LogP contribution in [0, 0.1) is 0 Å². The summed E-state index contributed by atoms with van der Waals surface area (Å²) in [6.07, 6.45) is 0.715. The first-order chi connectivity index (χ1) is 6.55. The highest BCUT2D eigenvalue weighted by molar-refractivity contribution is 5.65. The Kier molecular flexibility index (Phi) is 3.36. The molecule has 0 aliphatic rings. The van der Waals surface area contributed by atoms with Crippen molar-refractivity contribution in [3.8, 4) is 0 Å². The van der Waals surface area contributed by atoms with E-state index in [1.807, 2.05) is 31.2 Å². The number of rotatable bonds is 4. The van der Waals surface area contributed by atoms with Crippen LogP contribution < -0.4 is 11.1 Å². The number of nitrogen functional groups attached to an aromatic ring is 1. The summed E-state index contributed by atoms with van der Waals surface area (Å²) in [5.74, 6) is 0. The summed E-state index contributed by atoms with van der Waals surface area (Å²) in [5, 5.41) is 12.9. The number of nitrogens with two attached hydrogens (primary N) is 1. The Morgan fingerprint density at radius 3 is 2.64 bits per heavy atom. The third-order valence-electron chi connectivity index (χ3n) is 2.38. The maximum Gasteiger partial charge on any atom is 0.0788 e. The van der Waals surface area contributed by atoms with Crippen LogP contribution in [0.4, 0.5) is 11.4 Å². The molecule has 0 aliphatic carbocycles. The Labute approximate surface area is 84.9 Å². The maximum absolute atomic E-state index is 9.77. The smallest absolute Gasteiger partial charge is 0.0788 e. The van der Waals surface area contributed by atoms with Gasteiger partial charge in [-0.05, 0) is 25.5 Å². The standard InChI is InChI=1S/C11H18N2O/c1-3-11(2,14)8-13-10-7-5-4-6-9(10)12/h4-7,13-14H,3,8,12H2,1-2H3. The van der Waals surface area contributed by atoms with Gasteiger partial charge in [0.15, 0.2) is 0 Å². The molecule has 14 heavy (non-hydrogen) atoms. The van der Waals surface area contributed by atoms with Gasteiger partial charge in [0.1, 0.15) is 0 Å². The lowest BCUT2D eigenvalue weighted by atomic mass is 10.0. The van der Waals surface area contributed by atoms with E-state index in [1.54, 1.807) is 6.92 Å². The van der Waals surface area contributed by atoms with E-state index in [0.717, 1.165) is 5.69 Å². The Bertz CT molecular complexity index is 297. The second kappa shape index (κ2) is 4.33. The molecule has 0 aliphatic heterocycles. The summed E-state index contributed by atoms with van der Waals surface area (Å²) >= 11 is 0. The fourth-order valence-electron chi connectivity index (χ4n) is 1.07. The molecule has 1 aromatic carbocycles. The zero-order valence-corrected chi connectivity index (χ0v) is 8.75. The summed E-state index contributed by atoms with van der Waals surface area (Å²) in [4.78, 5) is 0. The largest absolute Gasteiger partial charge is 0.397 e. The number of aliphatic hydroxyl groups is 1. The summed E-state index contributed by atoms with van der Waals surface area (Å²) in [5.41, 5.74) is 6.65. The van der Waals surface area contributed by atoms with E-state index >= 15 is 0 Å². The number of hydrogen-bond acceptors (Lipinski definition) is 3. The summed E-state index contributed by atoms with van der Waals surface area (Å²) in [7, 11) is 0. The van der Waals surface area contributed by atoms with Crippen molar-refractivity contribution in [1.29, 1.82) is 0 Å². The molecule has 0 saturated carbocycles. The van der Waals surface area contributed by atoms with Crippen LogP contribution in [0.1, 0.15) is 20.3 Å². The monoisotopic (exact) mass is 194 g/mol. The molecule has 0 aromatic heterocycles. The van der Waals surface area contributed by atoms with E-state index in [-0.39, 0.29) is 0 Å². The molecule has 0 amide bonds. The predicted molar refractivity (Wildman–Crippen MR) is 60.3 cm³/mol. The van der Waals surface area contributed by atoms with Crippen LogP contribution in [0.25, 0.3) is 0 Å². The van der Waals surface area contributed by atoms with E-state index in [4.69, 9.17) is 5.73 Å². The molecule has 78 valence electrons. The van der Waals surface area contributed by atoms with Crippen molar-refractivity contribution in [3.05, 3.63) is 24.3 Å². The van der Waals surface area contributed by atoms with E-state index in [2.05, 4.69) is 5.32 Å². The van der Waals surface area contributed by atoms with Crippen molar-refractivity contribution in [1.82, 2.24) is 0 Å².